The van der Waals surface area contributed by atoms with Crippen LogP contribution in [0.2, 0.25) is 0 Å². The first kappa shape index (κ1) is 38.3. The molecule has 223 valence electrons. The molecule has 1 radical (unpaired) electrons. The summed E-state index contributed by atoms with van der Waals surface area (Å²) in [6.45, 7) is 10.9. The van der Waals surface area contributed by atoms with E-state index in [0.29, 0.717) is 0 Å². The SMILES string of the molecule is CO.O=[N+]([O-])[O-].O=[N+]([O-])[O-].[Cu+2].c1ccc(CN2CCCN(Cc3ccccc3)CCNCCCNCC2)cc1. The molecule has 39 heavy (non-hydrogen) atoms. The average Bonchev–Trinajstić information content (AvgIpc) is 2.89. The van der Waals surface area contributed by atoms with Crippen molar-refractivity contribution in [1.82, 2.24) is 20.4 Å². The van der Waals surface area contributed by atoms with Gasteiger partial charge in [-0.2, -0.15) is 0 Å². The molecule has 3 N–H and O–H groups in total. The molecule has 0 bridgehead atoms. The second-order valence-electron chi connectivity index (χ2n) is 8.18. The Morgan fingerprint density at radius 3 is 1.31 bits per heavy atom. The molecule has 1 aliphatic heterocycles. The predicted octanol–water partition coefficient (Wildman–Crippen LogP) is 2.09. The molecule has 1 saturated heterocycles. The molecule has 3 rings (SSSR count). The summed E-state index contributed by atoms with van der Waals surface area (Å²) in [6, 6.07) is 21.8. The van der Waals surface area contributed by atoms with E-state index in [2.05, 4.69) is 81.1 Å². The Kier molecular flexibility index (Phi) is 26.3. The van der Waals surface area contributed by atoms with Crippen LogP contribution in [0, 0.1) is 30.6 Å². The maximum absolute atomic E-state index is 8.25. The van der Waals surface area contributed by atoms with Crippen molar-refractivity contribution in [1.29, 1.82) is 0 Å². The van der Waals surface area contributed by atoms with Crippen molar-refractivity contribution in [2.45, 2.75) is 25.9 Å². The molecule has 0 amide bonds. The van der Waals surface area contributed by atoms with Crippen LogP contribution in [0.15, 0.2) is 60.7 Å². The standard InChI is InChI=1S/C24H36N4.CH4O.Cu.2NO3/c1-3-9-23(10-4-1)21-27-17-8-18-28(22-24-11-5-2-6-12-24)20-16-26-14-7-13-25-15-19-27;1-2;;2*2-1(3)4/h1-6,9-12,25-26H,7-8,13-22H2;2H,1H3;;;/q;;+2;2*-1. The summed E-state index contributed by atoms with van der Waals surface area (Å²) < 4.78 is 0. The Bertz CT molecular complexity index is 765. The van der Waals surface area contributed by atoms with Gasteiger partial charge in [-0.25, -0.2) is 0 Å². The molecule has 13 nitrogen and oxygen atoms in total. The van der Waals surface area contributed by atoms with Crippen LogP contribution in [0.25, 0.3) is 0 Å². The van der Waals surface area contributed by atoms with Crippen molar-refractivity contribution in [2.75, 3.05) is 59.5 Å². The largest absolute Gasteiger partial charge is 2.00 e. The minimum absolute atomic E-state index is 0. The molecule has 1 heterocycles. The summed E-state index contributed by atoms with van der Waals surface area (Å²) >= 11 is 0. The molecule has 14 heteroatoms. The first-order valence-electron chi connectivity index (χ1n) is 12.4. The minimum Gasteiger partial charge on any atom is -0.400 e. The van der Waals surface area contributed by atoms with Gasteiger partial charge in [-0.1, -0.05) is 60.7 Å². The van der Waals surface area contributed by atoms with Crippen molar-refractivity contribution < 1.29 is 32.3 Å². The zero-order chi connectivity index (χ0) is 28.4. The summed E-state index contributed by atoms with van der Waals surface area (Å²) in [5.74, 6) is 0. The minimum atomic E-state index is -1.75. The van der Waals surface area contributed by atoms with Gasteiger partial charge >= 0.3 is 17.1 Å². The summed E-state index contributed by atoms with van der Waals surface area (Å²) in [5.41, 5.74) is 2.82. The number of hydrogen-bond acceptors (Lipinski definition) is 11. The molecule has 0 aliphatic carbocycles. The van der Waals surface area contributed by atoms with Crippen LogP contribution < -0.4 is 10.6 Å². The first-order valence-corrected chi connectivity index (χ1v) is 12.4. The van der Waals surface area contributed by atoms with Gasteiger partial charge in [0.2, 0.25) is 0 Å². The molecule has 0 spiro atoms. The maximum Gasteiger partial charge on any atom is 2.00 e. The van der Waals surface area contributed by atoms with Crippen LogP contribution in [0.5, 0.6) is 0 Å². The monoisotopic (exact) mass is 599 g/mol. The topological polar surface area (TPSA) is 183 Å². The van der Waals surface area contributed by atoms with E-state index in [1.807, 2.05) is 0 Å². The fourth-order valence-electron chi connectivity index (χ4n) is 3.80. The van der Waals surface area contributed by atoms with E-state index in [1.54, 1.807) is 0 Å². The van der Waals surface area contributed by atoms with Gasteiger partial charge in [-0.3, -0.25) is 9.80 Å². The van der Waals surface area contributed by atoms with Crippen LogP contribution in [0.3, 0.4) is 0 Å². The van der Waals surface area contributed by atoms with E-state index < -0.39 is 10.2 Å². The van der Waals surface area contributed by atoms with Crippen LogP contribution in [0.1, 0.15) is 24.0 Å². The number of aliphatic hydroxyl groups excluding tert-OH is 1. The molecule has 0 unspecified atom stereocenters. The summed E-state index contributed by atoms with van der Waals surface area (Å²) in [5, 5.41) is 43.7. The van der Waals surface area contributed by atoms with E-state index in [9.17, 15) is 0 Å². The van der Waals surface area contributed by atoms with Crippen molar-refractivity contribution in [3.05, 3.63) is 102 Å². The molecule has 1 aliphatic rings. The number of nitrogens with zero attached hydrogens (tertiary/aromatic N) is 4. The molecule has 0 aromatic heterocycles. The third kappa shape index (κ3) is 25.2. The van der Waals surface area contributed by atoms with Gasteiger partial charge in [0, 0.05) is 46.4 Å². The Morgan fingerprint density at radius 2 is 0.974 bits per heavy atom. The van der Waals surface area contributed by atoms with Gasteiger partial charge in [0.25, 0.3) is 0 Å². The first-order chi connectivity index (χ1) is 18.4. The summed E-state index contributed by atoms with van der Waals surface area (Å²) in [4.78, 5) is 21.7. The number of hydrogen-bond donors (Lipinski definition) is 3. The fraction of sp³-hybridized carbons (Fsp3) is 0.520. The molecular weight excluding hydrogens is 560 g/mol. The van der Waals surface area contributed by atoms with E-state index in [4.69, 9.17) is 35.7 Å². The molecule has 0 saturated carbocycles. The Labute approximate surface area is 240 Å². The van der Waals surface area contributed by atoms with Crippen molar-refractivity contribution >= 4 is 0 Å². The zero-order valence-electron chi connectivity index (χ0n) is 22.2. The van der Waals surface area contributed by atoms with Crippen LogP contribution in [-0.4, -0.2) is 84.5 Å². The van der Waals surface area contributed by atoms with Crippen molar-refractivity contribution in [3.8, 4) is 0 Å². The van der Waals surface area contributed by atoms with E-state index in [1.165, 1.54) is 24.0 Å². The van der Waals surface area contributed by atoms with Crippen molar-refractivity contribution in [3.63, 3.8) is 0 Å². The summed E-state index contributed by atoms with van der Waals surface area (Å²) in [7, 11) is 1.00. The predicted molar refractivity (Wildman–Crippen MR) is 147 cm³/mol. The molecule has 2 aromatic carbocycles. The van der Waals surface area contributed by atoms with E-state index in [0.717, 1.165) is 72.6 Å². The Morgan fingerprint density at radius 1 is 0.641 bits per heavy atom. The zero-order valence-corrected chi connectivity index (χ0v) is 23.2. The molecule has 2 aromatic rings. The summed E-state index contributed by atoms with van der Waals surface area (Å²) in [6.07, 6.45) is 2.40. The van der Waals surface area contributed by atoms with Crippen LogP contribution >= 0.6 is 0 Å². The van der Waals surface area contributed by atoms with E-state index >= 15 is 0 Å². The fourth-order valence-corrected chi connectivity index (χ4v) is 3.80. The van der Waals surface area contributed by atoms with Crippen LogP contribution in [-0.2, 0) is 30.2 Å². The van der Waals surface area contributed by atoms with Gasteiger partial charge < -0.3 is 46.4 Å². The number of rotatable bonds is 4. The van der Waals surface area contributed by atoms with Gasteiger partial charge in [0.05, 0.1) is 10.2 Å². The van der Waals surface area contributed by atoms with Crippen LogP contribution in [0.4, 0.5) is 0 Å². The molecule has 0 atom stereocenters. The second kappa shape index (κ2) is 26.8. The van der Waals surface area contributed by atoms with Gasteiger partial charge in [0.1, 0.15) is 0 Å². The van der Waals surface area contributed by atoms with Gasteiger partial charge in [-0.05, 0) is 50.1 Å². The Hall–Kier alpha value is -2.84. The van der Waals surface area contributed by atoms with Crippen molar-refractivity contribution in [2.24, 2.45) is 0 Å². The number of benzene rings is 2. The normalized spacial score (nSPS) is 15.1. The van der Waals surface area contributed by atoms with Gasteiger partial charge in [0.15, 0.2) is 0 Å². The van der Waals surface area contributed by atoms with Gasteiger partial charge in [-0.15, -0.1) is 0 Å². The smallest absolute Gasteiger partial charge is 0.400 e. The quantitative estimate of drug-likeness (QED) is 0.265. The average molecular weight is 600 g/mol. The number of nitrogens with one attached hydrogen (secondary N) is 2. The number of aliphatic hydroxyl groups is 1. The maximum atomic E-state index is 8.25. The van der Waals surface area contributed by atoms with E-state index in [-0.39, 0.29) is 17.1 Å². The molecule has 1 fully saturated rings. The third-order valence-corrected chi connectivity index (χ3v) is 5.36. The second-order valence-corrected chi connectivity index (χ2v) is 8.18. The Balaban J connectivity index is 0. The molecular formula is C25H40CuN6O7. The third-order valence-electron chi connectivity index (χ3n) is 5.36.